The maximum Gasteiger partial charge on any atom is 0.319 e. The van der Waals surface area contributed by atoms with E-state index < -0.39 is 29.0 Å². The lowest BCUT2D eigenvalue weighted by molar-refractivity contribution is -0.128. The number of nitrogens with two attached hydrogens (primary N) is 1. The van der Waals surface area contributed by atoms with Gasteiger partial charge in [-0.25, -0.2) is 19.2 Å². The Kier molecular flexibility index (Phi) is 9.57. The predicted octanol–water partition coefficient (Wildman–Crippen LogP) is 3.18. The van der Waals surface area contributed by atoms with Gasteiger partial charge in [-0.2, -0.15) is 0 Å². The highest BCUT2D eigenvalue weighted by Crippen LogP contribution is 2.30. The molecule has 0 bridgehead atoms. The van der Waals surface area contributed by atoms with Crippen molar-refractivity contribution in [1.29, 1.82) is 0 Å². The molecule has 4 aromatic rings. The molecule has 0 unspecified atom stereocenters. The summed E-state index contributed by atoms with van der Waals surface area (Å²) in [7, 11) is 1.48. The number of benzene rings is 2. The summed E-state index contributed by atoms with van der Waals surface area (Å²) in [5.41, 5.74) is 7.56. The van der Waals surface area contributed by atoms with Crippen molar-refractivity contribution in [3.8, 4) is 29.0 Å². The number of halogens is 2. The van der Waals surface area contributed by atoms with Crippen LogP contribution in [-0.2, 0) is 14.4 Å². The molecule has 2 amide bonds. The van der Waals surface area contributed by atoms with Crippen molar-refractivity contribution in [1.82, 2.24) is 15.0 Å². The van der Waals surface area contributed by atoms with Crippen molar-refractivity contribution < 1.29 is 32.7 Å². The standard InChI is InChI=1S/C29H23F2N5O6/c1-40-15-16-41-35-26(37)11-9-21-24(12-13-33-27(21)32)42-25-10-6-19(17-23(25)31)34-28(38)22-3-2-14-36(29(22)39)20-7-4-18(30)5-8-20/h2-8,10,12-14,17H,15-16H2,1H3,(H2,32,33)(H,34,38)(H,35,37). The lowest BCUT2D eigenvalue weighted by Gasteiger charge is -2.12. The average molecular weight is 576 g/mol. The number of methoxy groups -OCH3 is 1. The van der Waals surface area contributed by atoms with Crippen LogP contribution in [-0.4, -0.2) is 41.7 Å². The summed E-state index contributed by atoms with van der Waals surface area (Å²) in [6.07, 6.45) is 2.75. The van der Waals surface area contributed by atoms with E-state index in [0.29, 0.717) is 5.69 Å². The fourth-order valence-electron chi connectivity index (χ4n) is 3.51. The third-order valence-electron chi connectivity index (χ3n) is 5.50. The number of nitrogens with one attached hydrogen (secondary N) is 2. The van der Waals surface area contributed by atoms with Gasteiger partial charge >= 0.3 is 5.91 Å². The minimum Gasteiger partial charge on any atom is -0.453 e. The Morgan fingerprint density at radius 1 is 1.05 bits per heavy atom. The predicted molar refractivity (Wildman–Crippen MR) is 148 cm³/mol. The molecule has 4 N–H and O–H groups in total. The molecule has 214 valence electrons. The van der Waals surface area contributed by atoms with Crippen LogP contribution in [0, 0.1) is 23.5 Å². The molecular formula is C29H23F2N5O6. The number of amides is 2. The Morgan fingerprint density at radius 2 is 1.83 bits per heavy atom. The first-order valence-corrected chi connectivity index (χ1v) is 12.2. The van der Waals surface area contributed by atoms with Crippen LogP contribution >= 0.6 is 0 Å². The van der Waals surface area contributed by atoms with E-state index in [1.54, 1.807) is 0 Å². The zero-order chi connectivity index (χ0) is 30.1. The van der Waals surface area contributed by atoms with Gasteiger partial charge in [0.05, 0.1) is 13.2 Å². The van der Waals surface area contributed by atoms with Crippen LogP contribution in [0.25, 0.3) is 5.69 Å². The number of pyridine rings is 2. The average Bonchev–Trinajstić information content (AvgIpc) is 2.97. The molecule has 0 aliphatic rings. The van der Waals surface area contributed by atoms with Gasteiger partial charge in [0, 0.05) is 48.9 Å². The second-order valence-electron chi connectivity index (χ2n) is 8.37. The number of hydrogen-bond donors (Lipinski definition) is 3. The van der Waals surface area contributed by atoms with Crippen LogP contribution in [0.15, 0.2) is 77.9 Å². The summed E-state index contributed by atoms with van der Waals surface area (Å²) in [5.74, 6) is 1.63. The number of nitrogens with zero attached hydrogens (tertiary/aromatic N) is 2. The summed E-state index contributed by atoms with van der Waals surface area (Å²) in [6, 6.07) is 12.9. The molecule has 0 saturated heterocycles. The van der Waals surface area contributed by atoms with Crippen LogP contribution in [0.5, 0.6) is 11.5 Å². The number of carbonyl (C=O) groups is 2. The molecule has 2 aromatic carbocycles. The van der Waals surface area contributed by atoms with Crippen LogP contribution in [0.3, 0.4) is 0 Å². The molecule has 11 nitrogen and oxygen atoms in total. The van der Waals surface area contributed by atoms with E-state index in [-0.39, 0.29) is 47.3 Å². The largest absolute Gasteiger partial charge is 0.453 e. The fourth-order valence-corrected chi connectivity index (χ4v) is 3.51. The number of hydroxylamine groups is 1. The molecule has 0 saturated carbocycles. The van der Waals surface area contributed by atoms with E-state index in [9.17, 15) is 23.2 Å². The zero-order valence-electron chi connectivity index (χ0n) is 22.0. The van der Waals surface area contributed by atoms with Gasteiger partial charge in [-0.15, -0.1) is 0 Å². The smallest absolute Gasteiger partial charge is 0.319 e. The SMILES string of the molecule is COCCONC(=O)C#Cc1c(Oc2ccc(NC(=O)c3cccn(-c4ccc(F)cc4)c3=O)cc2F)ccnc1N. The van der Waals surface area contributed by atoms with Gasteiger partial charge in [0.25, 0.3) is 11.5 Å². The second-order valence-corrected chi connectivity index (χ2v) is 8.37. The third-order valence-corrected chi connectivity index (χ3v) is 5.50. The van der Waals surface area contributed by atoms with Gasteiger partial charge in [0.2, 0.25) is 0 Å². The lowest BCUT2D eigenvalue weighted by Crippen LogP contribution is -2.27. The Labute approximate surface area is 237 Å². The summed E-state index contributed by atoms with van der Waals surface area (Å²) in [6.45, 7) is 0.376. The van der Waals surface area contributed by atoms with Crippen molar-refractivity contribution >= 4 is 23.3 Å². The van der Waals surface area contributed by atoms with Crippen molar-refractivity contribution in [2.24, 2.45) is 0 Å². The van der Waals surface area contributed by atoms with Crippen LogP contribution in [0.2, 0.25) is 0 Å². The normalized spacial score (nSPS) is 10.4. The lowest BCUT2D eigenvalue weighted by atomic mass is 10.2. The van der Waals surface area contributed by atoms with Gasteiger partial charge in [-0.3, -0.25) is 23.8 Å². The fraction of sp³-hybridized carbons (Fsp3) is 0.103. The Balaban J connectivity index is 1.49. The van der Waals surface area contributed by atoms with E-state index in [0.717, 1.165) is 6.07 Å². The number of carbonyl (C=O) groups excluding carboxylic acids is 2. The minimum atomic E-state index is -0.858. The van der Waals surface area contributed by atoms with Crippen LogP contribution in [0.4, 0.5) is 20.3 Å². The number of aromatic nitrogens is 2. The van der Waals surface area contributed by atoms with Crippen molar-refractivity contribution in [3.05, 3.63) is 106 Å². The molecule has 0 radical (unpaired) electrons. The molecule has 13 heteroatoms. The Morgan fingerprint density at radius 3 is 2.57 bits per heavy atom. The number of nitrogen functional groups attached to an aromatic ring is 1. The summed E-state index contributed by atoms with van der Waals surface area (Å²) in [4.78, 5) is 46.4. The third kappa shape index (κ3) is 7.33. The van der Waals surface area contributed by atoms with E-state index in [1.165, 1.54) is 78.7 Å². The van der Waals surface area contributed by atoms with Crippen molar-refractivity contribution in [2.75, 3.05) is 31.4 Å². The van der Waals surface area contributed by atoms with Crippen LogP contribution < -0.4 is 26.8 Å². The van der Waals surface area contributed by atoms with Gasteiger partial charge in [0.1, 0.15) is 28.5 Å². The van der Waals surface area contributed by atoms with E-state index in [4.69, 9.17) is 20.0 Å². The van der Waals surface area contributed by atoms with Crippen LogP contribution in [0.1, 0.15) is 15.9 Å². The minimum absolute atomic E-state index is 0.0180. The molecule has 0 fully saturated rings. The van der Waals surface area contributed by atoms with Crippen molar-refractivity contribution in [3.63, 3.8) is 0 Å². The van der Waals surface area contributed by atoms with Gasteiger partial charge in [-0.05, 0) is 54.5 Å². The molecule has 2 heterocycles. The highest BCUT2D eigenvalue weighted by molar-refractivity contribution is 6.04. The number of rotatable bonds is 9. The van der Waals surface area contributed by atoms with E-state index >= 15 is 0 Å². The molecular weight excluding hydrogens is 552 g/mol. The van der Waals surface area contributed by atoms with E-state index in [2.05, 4.69) is 27.6 Å². The molecule has 4 rings (SSSR count). The maximum atomic E-state index is 15.0. The first-order valence-electron chi connectivity index (χ1n) is 12.2. The zero-order valence-corrected chi connectivity index (χ0v) is 22.0. The summed E-state index contributed by atoms with van der Waals surface area (Å²) >= 11 is 0. The topological polar surface area (TPSA) is 147 Å². The molecule has 0 aliphatic carbocycles. The number of hydrogen-bond acceptors (Lipinski definition) is 8. The van der Waals surface area contributed by atoms with Gasteiger partial charge in [0.15, 0.2) is 11.6 Å². The summed E-state index contributed by atoms with van der Waals surface area (Å²) < 4.78 is 39.9. The van der Waals surface area contributed by atoms with Gasteiger partial charge in [-0.1, -0.05) is 0 Å². The second kappa shape index (κ2) is 13.7. The monoisotopic (exact) mass is 575 g/mol. The van der Waals surface area contributed by atoms with E-state index in [1.807, 2.05) is 0 Å². The number of anilines is 2. The summed E-state index contributed by atoms with van der Waals surface area (Å²) in [5, 5.41) is 2.47. The first-order chi connectivity index (χ1) is 20.3. The maximum absolute atomic E-state index is 15.0. The highest BCUT2D eigenvalue weighted by Gasteiger charge is 2.16. The molecule has 0 aliphatic heterocycles. The first kappa shape index (κ1) is 29.4. The van der Waals surface area contributed by atoms with Crippen molar-refractivity contribution in [2.45, 2.75) is 0 Å². The highest BCUT2D eigenvalue weighted by atomic mass is 19.1. The molecule has 0 atom stereocenters. The van der Waals surface area contributed by atoms with Gasteiger partial charge < -0.3 is 20.5 Å². The molecule has 2 aromatic heterocycles. The molecule has 42 heavy (non-hydrogen) atoms. The number of ether oxygens (including phenoxy) is 2. The Hall–Kier alpha value is -5.58. The Bertz CT molecular complexity index is 1730. The molecule has 0 spiro atoms. The quantitative estimate of drug-likeness (QED) is 0.157.